The molecule has 6 aromatic carbocycles. The van der Waals surface area contributed by atoms with Crippen molar-refractivity contribution >= 4 is 11.9 Å². The van der Waals surface area contributed by atoms with Crippen LogP contribution in [0, 0.1) is 0 Å². The van der Waals surface area contributed by atoms with Gasteiger partial charge >= 0.3 is 11.9 Å². The number of hydrogen-bond donors (Lipinski definition) is 0. The molecule has 0 radical (unpaired) electrons. The van der Waals surface area contributed by atoms with Crippen LogP contribution < -0.4 is 0 Å². The molecule has 4 heterocycles. The average Bonchev–Trinajstić information content (AvgIpc) is 3.18. The number of methoxy groups -OCH3 is 1. The highest BCUT2D eigenvalue weighted by molar-refractivity contribution is 5.67. The van der Waals surface area contributed by atoms with Crippen LogP contribution in [0.1, 0.15) is 60.4 Å². The van der Waals surface area contributed by atoms with Gasteiger partial charge in [0.15, 0.2) is 37.4 Å². The first-order valence-electron chi connectivity index (χ1n) is 27.9. The number of benzene rings is 6. The van der Waals surface area contributed by atoms with Gasteiger partial charge in [0.1, 0.15) is 54.9 Å². The van der Waals surface area contributed by atoms with Crippen LogP contribution in [0.25, 0.3) is 0 Å². The third-order valence-corrected chi connectivity index (χ3v) is 14.6. The highest BCUT2D eigenvalue weighted by atomic mass is 16.8. The Labute approximate surface area is 478 Å². The number of esters is 2. The van der Waals surface area contributed by atoms with Gasteiger partial charge in [0, 0.05) is 26.5 Å². The second kappa shape index (κ2) is 29.3. The van der Waals surface area contributed by atoms with Gasteiger partial charge < -0.3 is 71.1 Å². The first kappa shape index (κ1) is 58.9. The molecule has 4 aliphatic rings. The predicted molar refractivity (Wildman–Crippen MR) is 296 cm³/mol. The maximum Gasteiger partial charge on any atom is 0.303 e. The van der Waals surface area contributed by atoms with E-state index in [9.17, 15) is 9.59 Å². The highest BCUT2D eigenvalue weighted by Gasteiger charge is 2.59. The molecule has 16 unspecified atom stereocenters. The maximum absolute atomic E-state index is 13.2. The van der Waals surface area contributed by atoms with Gasteiger partial charge in [-0.3, -0.25) is 9.59 Å². The molecule has 17 nitrogen and oxygen atoms in total. The fourth-order valence-electron chi connectivity index (χ4n) is 10.7. The Morgan fingerprint density at radius 2 is 0.866 bits per heavy atom. The zero-order valence-corrected chi connectivity index (χ0v) is 46.4. The van der Waals surface area contributed by atoms with E-state index in [1.165, 1.54) is 21.0 Å². The highest BCUT2D eigenvalue weighted by Crippen LogP contribution is 2.42. The van der Waals surface area contributed by atoms with Crippen LogP contribution in [0.15, 0.2) is 182 Å². The number of carbonyl (C=O) groups is 2. The van der Waals surface area contributed by atoms with E-state index in [0.717, 1.165) is 33.4 Å². The molecule has 0 bridgehead atoms. The third-order valence-electron chi connectivity index (χ3n) is 14.6. The van der Waals surface area contributed by atoms with E-state index in [2.05, 4.69) is 0 Å². The smallest absolute Gasteiger partial charge is 0.303 e. The number of fused-ring (bicyclic) bond motifs is 1. The largest absolute Gasteiger partial charge is 0.455 e. The van der Waals surface area contributed by atoms with Crippen molar-refractivity contribution in [1.82, 2.24) is 0 Å². The van der Waals surface area contributed by atoms with E-state index in [4.69, 9.17) is 71.1 Å². The summed E-state index contributed by atoms with van der Waals surface area (Å²) >= 11 is 0. The lowest BCUT2D eigenvalue weighted by Crippen LogP contribution is -2.69. The van der Waals surface area contributed by atoms with Crippen molar-refractivity contribution in [3.05, 3.63) is 215 Å². The van der Waals surface area contributed by atoms with Gasteiger partial charge in [-0.2, -0.15) is 0 Å². The zero-order valence-electron chi connectivity index (χ0n) is 46.4. The minimum Gasteiger partial charge on any atom is -0.455 e. The number of ether oxygens (including phenoxy) is 15. The first-order valence-corrected chi connectivity index (χ1v) is 27.9. The summed E-state index contributed by atoms with van der Waals surface area (Å²) in [5.74, 6) is -1.35. The molecule has 0 spiro atoms. The maximum atomic E-state index is 13.2. The van der Waals surface area contributed by atoms with Gasteiger partial charge in [-0.1, -0.05) is 182 Å². The summed E-state index contributed by atoms with van der Waals surface area (Å²) in [5, 5.41) is 0. The summed E-state index contributed by atoms with van der Waals surface area (Å²) in [6.07, 6.45) is -16.5. The lowest BCUT2D eigenvalue weighted by atomic mass is 9.94. The zero-order chi connectivity index (χ0) is 56.6. The standard InChI is InChI=1S/C65H72O17/c1-42-53(70-36-46-25-13-6-14-26-46)56(71-37-47-27-15-7-16-28-47)59(72-38-48-29-17-8-18-30-48)64(75-42)82-57-55-52(41-74-62(80-55)50-33-21-10-22-34-50)79-65(60(57)73-39-49-31-19-9-20-32-49)81-54-51(40-69-35-45-23-11-5-12-24-45)78-63(68-4)61(77-44(3)67)58(54)76-43(2)66/h5-34,42,51-65H,35-41H2,1-4H3. The molecule has 0 saturated carbocycles. The SMILES string of the molecule is COC1OC(COCc2ccccc2)C(OC2OC3COC(c4ccccc4)OC3C(OC3OC(C)C(OCc4ccccc4)C(OCc4ccccc4)C3OCc3ccccc3)C2OCc2ccccc2)C(OC(C)=O)C1OC(C)=O. The van der Waals surface area contributed by atoms with Crippen molar-refractivity contribution in [1.29, 1.82) is 0 Å². The average molecular weight is 1130 g/mol. The van der Waals surface area contributed by atoms with Crippen LogP contribution in [0.3, 0.4) is 0 Å². The fourth-order valence-corrected chi connectivity index (χ4v) is 10.7. The van der Waals surface area contributed by atoms with Crippen LogP contribution in [0.4, 0.5) is 0 Å². The minimum atomic E-state index is -1.37. The van der Waals surface area contributed by atoms with E-state index in [0.29, 0.717) is 0 Å². The van der Waals surface area contributed by atoms with Crippen molar-refractivity contribution in [3.8, 4) is 0 Å². The van der Waals surface area contributed by atoms with Gasteiger partial charge in [0.2, 0.25) is 0 Å². The fraction of sp³-hybridized carbons (Fsp3) is 0.415. The van der Waals surface area contributed by atoms with Crippen molar-refractivity contribution in [2.45, 2.75) is 152 Å². The monoisotopic (exact) mass is 1120 g/mol. The van der Waals surface area contributed by atoms with E-state index in [1.54, 1.807) is 0 Å². The van der Waals surface area contributed by atoms with Gasteiger partial charge in [-0.05, 0) is 34.7 Å². The van der Waals surface area contributed by atoms with E-state index in [1.807, 2.05) is 189 Å². The molecule has 16 atom stereocenters. The summed E-state index contributed by atoms with van der Waals surface area (Å²) < 4.78 is 101. The molecule has 0 amide bonds. The Kier molecular flexibility index (Phi) is 21.1. The second-order valence-electron chi connectivity index (χ2n) is 20.6. The summed E-state index contributed by atoms with van der Waals surface area (Å²) in [5.41, 5.74) is 5.34. The van der Waals surface area contributed by atoms with E-state index < -0.39 is 110 Å². The topological polar surface area (TPSA) is 173 Å². The molecule has 4 fully saturated rings. The molecule has 0 aromatic heterocycles. The molecule has 0 aliphatic carbocycles. The summed E-state index contributed by atoms with van der Waals surface area (Å²) in [6.45, 7) is 5.29. The molecule has 434 valence electrons. The Balaban J connectivity index is 1.05. The van der Waals surface area contributed by atoms with Crippen molar-refractivity contribution in [3.63, 3.8) is 0 Å². The van der Waals surface area contributed by atoms with Gasteiger partial charge in [-0.25, -0.2) is 0 Å². The summed E-state index contributed by atoms with van der Waals surface area (Å²) in [6, 6.07) is 58.5. The molecular weight excluding hydrogens is 1050 g/mol. The van der Waals surface area contributed by atoms with Crippen LogP contribution in [-0.2, 0) is 114 Å². The Morgan fingerprint density at radius 1 is 0.439 bits per heavy atom. The molecular formula is C65H72O17. The lowest BCUT2D eigenvalue weighted by molar-refractivity contribution is -0.412. The normalized spacial score (nSPS) is 30.0. The van der Waals surface area contributed by atoms with Gasteiger partial charge in [-0.15, -0.1) is 0 Å². The van der Waals surface area contributed by atoms with E-state index in [-0.39, 0.29) is 46.2 Å². The van der Waals surface area contributed by atoms with Crippen molar-refractivity contribution in [2.75, 3.05) is 20.3 Å². The number of carbonyl (C=O) groups excluding carboxylic acids is 2. The Bertz CT molecular complexity index is 2840. The Hall–Kier alpha value is -6.26. The van der Waals surface area contributed by atoms with Crippen LogP contribution >= 0.6 is 0 Å². The molecule has 82 heavy (non-hydrogen) atoms. The molecule has 4 aliphatic heterocycles. The number of hydrogen-bond acceptors (Lipinski definition) is 17. The molecule has 17 heteroatoms. The Morgan fingerprint density at radius 3 is 1.37 bits per heavy atom. The van der Waals surface area contributed by atoms with Crippen LogP contribution in [0.2, 0.25) is 0 Å². The summed E-state index contributed by atoms with van der Waals surface area (Å²) in [7, 11) is 1.40. The van der Waals surface area contributed by atoms with Crippen LogP contribution in [-0.4, -0.2) is 124 Å². The third kappa shape index (κ3) is 15.5. The van der Waals surface area contributed by atoms with E-state index >= 15 is 0 Å². The first-order chi connectivity index (χ1) is 40.2. The van der Waals surface area contributed by atoms with Crippen molar-refractivity contribution < 1.29 is 80.6 Å². The molecule has 4 saturated heterocycles. The number of rotatable bonds is 24. The molecule has 6 aromatic rings. The summed E-state index contributed by atoms with van der Waals surface area (Å²) in [4.78, 5) is 26.1. The van der Waals surface area contributed by atoms with Crippen molar-refractivity contribution in [2.24, 2.45) is 0 Å². The van der Waals surface area contributed by atoms with Gasteiger partial charge in [0.25, 0.3) is 0 Å². The minimum absolute atomic E-state index is 0.0173. The second-order valence-corrected chi connectivity index (χ2v) is 20.6. The quantitative estimate of drug-likeness (QED) is 0.0525. The van der Waals surface area contributed by atoms with Gasteiger partial charge in [0.05, 0.1) is 52.4 Å². The lowest BCUT2D eigenvalue weighted by Gasteiger charge is -2.53. The predicted octanol–water partition coefficient (Wildman–Crippen LogP) is 9.13. The van der Waals surface area contributed by atoms with Crippen LogP contribution in [0.5, 0.6) is 0 Å². The molecule has 0 N–H and O–H groups in total. The molecule has 10 rings (SSSR count).